The van der Waals surface area contributed by atoms with Crippen LogP contribution >= 0.6 is 0 Å². The summed E-state index contributed by atoms with van der Waals surface area (Å²) in [6.45, 7) is 0.511. The van der Waals surface area contributed by atoms with Crippen LogP contribution in [0.1, 0.15) is 23.2 Å². The van der Waals surface area contributed by atoms with Crippen molar-refractivity contribution in [3.8, 4) is 0 Å². The van der Waals surface area contributed by atoms with Gasteiger partial charge in [0.15, 0.2) is 11.6 Å². The third-order valence-electron chi connectivity index (χ3n) is 3.24. The van der Waals surface area contributed by atoms with E-state index >= 15 is 0 Å². The Morgan fingerprint density at radius 2 is 2.33 bits per heavy atom. The molecular weight excluding hydrogens is 237 g/mol. The van der Waals surface area contributed by atoms with Crippen molar-refractivity contribution in [1.29, 1.82) is 0 Å². The number of halogens is 1. The molecule has 5 nitrogen and oxygen atoms in total. The number of rotatable bonds is 3. The van der Waals surface area contributed by atoms with E-state index in [9.17, 15) is 14.3 Å². The minimum Gasteiger partial charge on any atom is -0.393 e. The van der Waals surface area contributed by atoms with Crippen LogP contribution in [0, 0.1) is 11.7 Å². The first-order valence-electron chi connectivity index (χ1n) is 5.82. The van der Waals surface area contributed by atoms with Crippen LogP contribution < -0.4 is 5.73 Å². The smallest absolute Gasteiger partial charge is 0.256 e. The molecule has 0 saturated heterocycles. The third kappa shape index (κ3) is 2.43. The van der Waals surface area contributed by atoms with E-state index < -0.39 is 11.7 Å². The number of nitrogens with two attached hydrogens (primary N) is 1. The molecule has 98 valence electrons. The van der Waals surface area contributed by atoms with Crippen molar-refractivity contribution < 1.29 is 14.3 Å². The lowest BCUT2D eigenvalue weighted by Crippen LogP contribution is -2.39. The molecule has 0 aliphatic heterocycles. The minimum atomic E-state index is -0.775. The van der Waals surface area contributed by atoms with Crippen molar-refractivity contribution in [2.75, 3.05) is 19.3 Å². The Labute approximate surface area is 104 Å². The Balaban J connectivity index is 2.04. The second kappa shape index (κ2) is 4.89. The summed E-state index contributed by atoms with van der Waals surface area (Å²) in [6, 6.07) is 1.32. The summed E-state index contributed by atoms with van der Waals surface area (Å²) >= 11 is 0. The molecule has 0 aromatic carbocycles. The van der Waals surface area contributed by atoms with Crippen LogP contribution in [0.3, 0.4) is 0 Å². The van der Waals surface area contributed by atoms with Gasteiger partial charge in [-0.25, -0.2) is 9.37 Å². The molecule has 0 radical (unpaired) electrons. The number of hydrogen-bond donors (Lipinski definition) is 2. The Bertz CT molecular complexity index is 461. The first-order valence-corrected chi connectivity index (χ1v) is 5.82. The molecule has 0 unspecified atom stereocenters. The van der Waals surface area contributed by atoms with Crippen LogP contribution in [0.4, 0.5) is 10.2 Å². The van der Waals surface area contributed by atoms with Gasteiger partial charge in [0, 0.05) is 19.8 Å². The fraction of sp³-hybridized carbons (Fsp3) is 0.500. The van der Waals surface area contributed by atoms with E-state index in [4.69, 9.17) is 5.73 Å². The molecule has 1 aromatic rings. The van der Waals surface area contributed by atoms with Crippen molar-refractivity contribution in [1.82, 2.24) is 9.88 Å². The molecule has 1 heterocycles. The van der Waals surface area contributed by atoms with Crippen molar-refractivity contribution >= 4 is 11.7 Å². The fourth-order valence-electron chi connectivity index (χ4n) is 2.15. The molecule has 0 bridgehead atoms. The summed E-state index contributed by atoms with van der Waals surface area (Å²) in [7, 11) is 1.61. The van der Waals surface area contributed by atoms with E-state index in [1.807, 2.05) is 0 Å². The third-order valence-corrected chi connectivity index (χ3v) is 3.24. The van der Waals surface area contributed by atoms with Gasteiger partial charge in [-0.15, -0.1) is 0 Å². The zero-order chi connectivity index (χ0) is 13.3. The van der Waals surface area contributed by atoms with Gasteiger partial charge in [-0.05, 0) is 24.8 Å². The lowest BCUT2D eigenvalue weighted by Gasteiger charge is -2.34. The van der Waals surface area contributed by atoms with Crippen LogP contribution in [-0.2, 0) is 0 Å². The number of aliphatic hydroxyl groups excluding tert-OH is 1. The average molecular weight is 253 g/mol. The summed E-state index contributed by atoms with van der Waals surface area (Å²) < 4.78 is 13.6. The quantitative estimate of drug-likeness (QED) is 0.828. The molecule has 1 aliphatic carbocycles. The number of nitrogens with zero attached hydrogens (tertiary/aromatic N) is 2. The van der Waals surface area contributed by atoms with Gasteiger partial charge in [0.1, 0.15) is 0 Å². The van der Waals surface area contributed by atoms with Gasteiger partial charge in [-0.2, -0.15) is 0 Å². The van der Waals surface area contributed by atoms with Crippen LogP contribution in [0.25, 0.3) is 0 Å². The molecule has 1 saturated carbocycles. The SMILES string of the molecule is CN(CC1CC(O)C1)C(=O)c1ccnc(N)c1F. The minimum absolute atomic E-state index is 0.0649. The lowest BCUT2D eigenvalue weighted by molar-refractivity contribution is 0.0264. The maximum Gasteiger partial charge on any atom is 0.256 e. The second-order valence-electron chi connectivity index (χ2n) is 4.73. The largest absolute Gasteiger partial charge is 0.393 e. The van der Waals surface area contributed by atoms with E-state index in [2.05, 4.69) is 4.98 Å². The summed E-state index contributed by atoms with van der Waals surface area (Å²) in [5.74, 6) is -1.17. The number of carbonyl (C=O) groups is 1. The van der Waals surface area contributed by atoms with E-state index in [1.165, 1.54) is 17.2 Å². The van der Waals surface area contributed by atoms with Crippen molar-refractivity contribution in [2.24, 2.45) is 5.92 Å². The summed E-state index contributed by atoms with van der Waals surface area (Å²) in [6.07, 6.45) is 2.44. The number of pyridine rings is 1. The first kappa shape index (κ1) is 12.8. The Morgan fingerprint density at radius 3 is 2.94 bits per heavy atom. The molecule has 0 atom stereocenters. The maximum absolute atomic E-state index is 13.6. The van der Waals surface area contributed by atoms with Crippen molar-refractivity contribution in [3.63, 3.8) is 0 Å². The van der Waals surface area contributed by atoms with Crippen molar-refractivity contribution in [3.05, 3.63) is 23.6 Å². The van der Waals surface area contributed by atoms with E-state index in [0.717, 1.165) is 0 Å². The van der Waals surface area contributed by atoms with Crippen LogP contribution in [0.5, 0.6) is 0 Å². The Morgan fingerprint density at radius 1 is 1.67 bits per heavy atom. The van der Waals surface area contributed by atoms with Gasteiger partial charge in [0.2, 0.25) is 0 Å². The molecule has 2 rings (SSSR count). The van der Waals surface area contributed by atoms with Crippen LogP contribution in [-0.4, -0.2) is 40.6 Å². The molecule has 6 heteroatoms. The molecule has 1 fully saturated rings. The molecule has 18 heavy (non-hydrogen) atoms. The van der Waals surface area contributed by atoms with Gasteiger partial charge in [-0.3, -0.25) is 4.79 Å². The number of aliphatic hydroxyl groups is 1. The number of amides is 1. The zero-order valence-electron chi connectivity index (χ0n) is 10.1. The van der Waals surface area contributed by atoms with Gasteiger partial charge in [0.05, 0.1) is 11.7 Å². The highest BCUT2D eigenvalue weighted by Gasteiger charge is 2.30. The topological polar surface area (TPSA) is 79.5 Å². The Kier molecular flexibility index (Phi) is 3.47. The first-order chi connectivity index (χ1) is 8.49. The number of aromatic nitrogens is 1. The second-order valence-corrected chi connectivity index (χ2v) is 4.73. The number of carbonyl (C=O) groups excluding carboxylic acids is 1. The maximum atomic E-state index is 13.6. The monoisotopic (exact) mass is 253 g/mol. The van der Waals surface area contributed by atoms with Gasteiger partial charge < -0.3 is 15.7 Å². The Hall–Kier alpha value is -1.69. The highest BCUT2D eigenvalue weighted by atomic mass is 19.1. The van der Waals surface area contributed by atoms with Crippen molar-refractivity contribution in [2.45, 2.75) is 18.9 Å². The molecular formula is C12H16FN3O2. The predicted octanol–water partition coefficient (Wildman–Crippen LogP) is 0.646. The van der Waals surface area contributed by atoms with Gasteiger partial charge in [-0.1, -0.05) is 0 Å². The predicted molar refractivity (Wildman–Crippen MR) is 64.3 cm³/mol. The molecule has 1 aromatic heterocycles. The molecule has 3 N–H and O–H groups in total. The van der Waals surface area contributed by atoms with E-state index in [1.54, 1.807) is 7.05 Å². The summed E-state index contributed by atoms with van der Waals surface area (Å²) in [4.78, 5) is 17.0. The summed E-state index contributed by atoms with van der Waals surface area (Å²) in [5, 5.41) is 9.18. The average Bonchev–Trinajstić information content (AvgIpc) is 2.30. The number of hydrogen-bond acceptors (Lipinski definition) is 4. The number of anilines is 1. The lowest BCUT2D eigenvalue weighted by atomic mass is 9.82. The van der Waals surface area contributed by atoms with Crippen LogP contribution in [0.15, 0.2) is 12.3 Å². The summed E-state index contributed by atoms with van der Waals surface area (Å²) in [5.41, 5.74) is 5.26. The van der Waals surface area contributed by atoms with E-state index in [0.29, 0.717) is 19.4 Å². The van der Waals surface area contributed by atoms with Crippen LogP contribution in [0.2, 0.25) is 0 Å². The molecule has 1 aliphatic rings. The molecule has 1 amide bonds. The fourth-order valence-corrected chi connectivity index (χ4v) is 2.15. The normalized spacial score (nSPS) is 22.4. The standard InChI is InChI=1S/C12H16FN3O2/c1-16(6-7-4-8(17)5-7)12(18)9-2-3-15-11(14)10(9)13/h2-3,7-8,17H,4-6H2,1H3,(H2,14,15). The van der Waals surface area contributed by atoms with Gasteiger partial charge in [0.25, 0.3) is 5.91 Å². The number of nitrogen functional groups attached to an aromatic ring is 1. The zero-order valence-corrected chi connectivity index (χ0v) is 10.1. The van der Waals surface area contributed by atoms with Gasteiger partial charge >= 0.3 is 0 Å². The highest BCUT2D eigenvalue weighted by molar-refractivity contribution is 5.94. The van der Waals surface area contributed by atoms with E-state index in [-0.39, 0.29) is 23.4 Å². The highest BCUT2D eigenvalue weighted by Crippen LogP contribution is 2.28. The molecule has 0 spiro atoms.